The van der Waals surface area contributed by atoms with Crippen molar-refractivity contribution in [3.05, 3.63) is 47.0 Å². The average molecular weight is 318 g/mol. The molecule has 0 saturated carbocycles. The number of aromatic nitrogens is 3. The molecular formula is C16H19FN4O2. The number of carbonyl (C=O) groups is 1. The fourth-order valence-corrected chi connectivity index (χ4v) is 3.02. The first-order valence-corrected chi connectivity index (χ1v) is 7.51. The molecule has 1 aromatic heterocycles. The van der Waals surface area contributed by atoms with Gasteiger partial charge in [-0.3, -0.25) is 9.48 Å². The lowest BCUT2D eigenvalue weighted by atomic mass is 10.0. The first-order chi connectivity index (χ1) is 11.1. The van der Waals surface area contributed by atoms with E-state index in [0.29, 0.717) is 25.1 Å². The van der Waals surface area contributed by atoms with Crippen LogP contribution in [-0.4, -0.2) is 46.1 Å². The molecule has 0 radical (unpaired) electrons. The Hall–Kier alpha value is -2.28. The molecule has 0 aliphatic carbocycles. The molecule has 1 aromatic carbocycles. The molecule has 0 spiro atoms. The lowest BCUT2D eigenvalue weighted by Gasteiger charge is -2.34. The predicted octanol–water partition coefficient (Wildman–Crippen LogP) is 1.27. The summed E-state index contributed by atoms with van der Waals surface area (Å²) < 4.78 is 20.3. The van der Waals surface area contributed by atoms with Crippen molar-refractivity contribution in [3.8, 4) is 0 Å². The minimum atomic E-state index is -0.335. The third kappa shape index (κ3) is 3.10. The minimum absolute atomic E-state index is 0.0612. The SMILES string of the molecule is COC[C@@H]1c2nnn(C)c2CCN1C(=O)Cc1cccc(F)c1. The molecule has 0 bridgehead atoms. The number of rotatable bonds is 4. The van der Waals surface area contributed by atoms with Crippen LogP contribution < -0.4 is 0 Å². The average Bonchev–Trinajstić information content (AvgIpc) is 2.90. The van der Waals surface area contributed by atoms with Gasteiger partial charge in [-0.2, -0.15) is 0 Å². The standard InChI is InChI=1S/C16H19FN4O2/c1-20-13-6-7-21(14(10-23-2)16(13)18-19-20)15(22)9-11-4-3-5-12(17)8-11/h3-5,8,14H,6-7,9-10H2,1-2H3/t14-/m1/s1. The van der Waals surface area contributed by atoms with Gasteiger partial charge in [0.1, 0.15) is 17.6 Å². The normalized spacial score (nSPS) is 17.2. The maximum absolute atomic E-state index is 13.3. The number of ether oxygens (including phenoxy) is 1. The van der Waals surface area contributed by atoms with Crippen LogP contribution >= 0.6 is 0 Å². The van der Waals surface area contributed by atoms with E-state index in [1.165, 1.54) is 12.1 Å². The third-order valence-electron chi connectivity index (χ3n) is 4.14. The van der Waals surface area contributed by atoms with E-state index >= 15 is 0 Å². The molecule has 0 unspecified atom stereocenters. The van der Waals surface area contributed by atoms with Crippen molar-refractivity contribution in [1.29, 1.82) is 0 Å². The number of nitrogens with zero attached hydrogens (tertiary/aromatic N) is 4. The number of fused-ring (bicyclic) bond motifs is 1. The van der Waals surface area contributed by atoms with Gasteiger partial charge in [0.2, 0.25) is 5.91 Å². The summed E-state index contributed by atoms with van der Waals surface area (Å²) in [6.45, 7) is 0.941. The van der Waals surface area contributed by atoms with Crippen LogP contribution in [0.25, 0.3) is 0 Å². The van der Waals surface area contributed by atoms with E-state index in [1.54, 1.807) is 28.8 Å². The Labute approximate surface area is 133 Å². The topological polar surface area (TPSA) is 60.3 Å². The summed E-state index contributed by atoms with van der Waals surface area (Å²) in [6, 6.07) is 5.87. The van der Waals surface area contributed by atoms with Gasteiger partial charge in [0, 0.05) is 27.1 Å². The molecule has 1 aliphatic heterocycles. The zero-order valence-corrected chi connectivity index (χ0v) is 13.2. The molecule has 2 heterocycles. The smallest absolute Gasteiger partial charge is 0.227 e. The van der Waals surface area contributed by atoms with Gasteiger partial charge in [-0.15, -0.1) is 5.10 Å². The maximum Gasteiger partial charge on any atom is 0.227 e. The van der Waals surface area contributed by atoms with Crippen molar-refractivity contribution in [2.24, 2.45) is 7.05 Å². The quantitative estimate of drug-likeness (QED) is 0.852. The highest BCUT2D eigenvalue weighted by atomic mass is 19.1. The summed E-state index contributed by atoms with van der Waals surface area (Å²) >= 11 is 0. The molecule has 7 heteroatoms. The van der Waals surface area contributed by atoms with Gasteiger partial charge >= 0.3 is 0 Å². The predicted molar refractivity (Wildman–Crippen MR) is 81.1 cm³/mol. The summed E-state index contributed by atoms with van der Waals surface area (Å²) in [6.07, 6.45) is 0.863. The molecular weight excluding hydrogens is 299 g/mol. The van der Waals surface area contributed by atoms with Gasteiger partial charge in [0.25, 0.3) is 0 Å². The first kappa shape index (κ1) is 15.6. The summed E-state index contributed by atoms with van der Waals surface area (Å²) in [7, 11) is 3.44. The number of aryl methyl sites for hydroxylation is 1. The van der Waals surface area contributed by atoms with Gasteiger partial charge in [-0.25, -0.2) is 4.39 Å². The van der Waals surface area contributed by atoms with Crippen molar-refractivity contribution in [2.75, 3.05) is 20.3 Å². The Morgan fingerprint density at radius 2 is 2.30 bits per heavy atom. The monoisotopic (exact) mass is 318 g/mol. The van der Waals surface area contributed by atoms with Crippen LogP contribution in [0.1, 0.15) is 23.0 Å². The molecule has 1 aliphatic rings. The number of methoxy groups -OCH3 is 1. The van der Waals surface area contributed by atoms with E-state index in [-0.39, 0.29) is 24.2 Å². The van der Waals surface area contributed by atoms with Crippen molar-refractivity contribution in [2.45, 2.75) is 18.9 Å². The second kappa shape index (κ2) is 6.45. The highest BCUT2D eigenvalue weighted by Crippen LogP contribution is 2.28. The van der Waals surface area contributed by atoms with Crippen LogP contribution in [0.5, 0.6) is 0 Å². The lowest BCUT2D eigenvalue weighted by molar-refractivity contribution is -0.134. The number of carbonyl (C=O) groups excluding carboxylic acids is 1. The Morgan fingerprint density at radius 3 is 3.04 bits per heavy atom. The molecule has 0 N–H and O–H groups in total. The summed E-state index contributed by atoms with van der Waals surface area (Å²) in [5, 5.41) is 8.23. The fraction of sp³-hybridized carbons (Fsp3) is 0.438. The van der Waals surface area contributed by atoms with Gasteiger partial charge in [0.05, 0.1) is 18.7 Å². The molecule has 3 rings (SSSR count). The van der Waals surface area contributed by atoms with E-state index < -0.39 is 0 Å². The van der Waals surface area contributed by atoms with Crippen molar-refractivity contribution in [1.82, 2.24) is 19.9 Å². The maximum atomic E-state index is 13.3. The van der Waals surface area contributed by atoms with Crippen LogP contribution in [0.15, 0.2) is 24.3 Å². The molecule has 6 nitrogen and oxygen atoms in total. The highest BCUT2D eigenvalue weighted by molar-refractivity contribution is 5.79. The molecule has 0 fully saturated rings. The minimum Gasteiger partial charge on any atom is -0.382 e. The Bertz CT molecular complexity index is 716. The van der Waals surface area contributed by atoms with Crippen LogP contribution in [0.3, 0.4) is 0 Å². The number of hydrogen-bond acceptors (Lipinski definition) is 4. The second-order valence-electron chi connectivity index (χ2n) is 5.66. The summed E-state index contributed by atoms with van der Waals surface area (Å²) in [4.78, 5) is 14.4. The summed E-state index contributed by atoms with van der Waals surface area (Å²) in [5.74, 6) is -0.396. The van der Waals surface area contributed by atoms with E-state index in [2.05, 4.69) is 10.3 Å². The van der Waals surface area contributed by atoms with Crippen LogP contribution in [0.2, 0.25) is 0 Å². The fourth-order valence-electron chi connectivity index (χ4n) is 3.02. The van der Waals surface area contributed by atoms with Crippen LogP contribution in [-0.2, 0) is 29.4 Å². The van der Waals surface area contributed by atoms with E-state index in [9.17, 15) is 9.18 Å². The number of halogens is 1. The van der Waals surface area contributed by atoms with E-state index in [1.807, 2.05) is 7.05 Å². The molecule has 0 saturated heterocycles. The zero-order chi connectivity index (χ0) is 16.4. The largest absolute Gasteiger partial charge is 0.382 e. The Balaban J connectivity index is 1.82. The van der Waals surface area contributed by atoms with Gasteiger partial charge < -0.3 is 9.64 Å². The molecule has 2 aromatic rings. The van der Waals surface area contributed by atoms with Crippen LogP contribution in [0.4, 0.5) is 4.39 Å². The van der Waals surface area contributed by atoms with Crippen molar-refractivity contribution < 1.29 is 13.9 Å². The zero-order valence-electron chi connectivity index (χ0n) is 13.2. The van der Waals surface area contributed by atoms with Crippen LogP contribution in [0, 0.1) is 5.82 Å². The molecule has 23 heavy (non-hydrogen) atoms. The second-order valence-corrected chi connectivity index (χ2v) is 5.66. The lowest BCUT2D eigenvalue weighted by Crippen LogP contribution is -2.43. The molecule has 122 valence electrons. The molecule has 1 atom stereocenters. The first-order valence-electron chi connectivity index (χ1n) is 7.51. The van der Waals surface area contributed by atoms with Gasteiger partial charge in [-0.05, 0) is 17.7 Å². The van der Waals surface area contributed by atoms with Crippen molar-refractivity contribution in [3.63, 3.8) is 0 Å². The highest BCUT2D eigenvalue weighted by Gasteiger charge is 2.34. The summed E-state index contributed by atoms with van der Waals surface area (Å²) in [5.41, 5.74) is 2.48. The Kier molecular flexibility index (Phi) is 4.38. The molecule has 1 amide bonds. The van der Waals surface area contributed by atoms with Gasteiger partial charge in [0.15, 0.2) is 0 Å². The number of amides is 1. The number of hydrogen-bond donors (Lipinski definition) is 0. The van der Waals surface area contributed by atoms with E-state index in [0.717, 1.165) is 11.4 Å². The van der Waals surface area contributed by atoms with E-state index in [4.69, 9.17) is 4.74 Å². The van der Waals surface area contributed by atoms with Gasteiger partial charge in [-0.1, -0.05) is 17.3 Å². The third-order valence-corrected chi connectivity index (χ3v) is 4.14. The van der Waals surface area contributed by atoms with Crippen molar-refractivity contribution >= 4 is 5.91 Å². The number of benzene rings is 1. The Morgan fingerprint density at radius 1 is 1.48 bits per heavy atom.